The number of hydrogen-bond donors (Lipinski definition) is 1. The molecule has 104 valence electrons. The summed E-state index contributed by atoms with van der Waals surface area (Å²) >= 11 is 0. The number of benzene rings is 1. The Morgan fingerprint density at radius 3 is 2.89 bits per heavy atom. The van der Waals surface area contributed by atoms with E-state index in [-0.39, 0.29) is 5.91 Å². The molecule has 1 aromatic rings. The molecule has 1 aromatic carbocycles. The summed E-state index contributed by atoms with van der Waals surface area (Å²) in [6.45, 7) is 2.37. The van der Waals surface area contributed by atoms with Crippen molar-refractivity contribution in [2.24, 2.45) is 0 Å². The first-order chi connectivity index (χ1) is 9.29. The molecule has 0 aliphatic carbocycles. The highest BCUT2D eigenvalue weighted by Gasteiger charge is 2.12. The molecule has 0 atom stereocenters. The predicted molar refractivity (Wildman–Crippen MR) is 70.6 cm³/mol. The summed E-state index contributed by atoms with van der Waals surface area (Å²) < 4.78 is 16.0. The number of fused-ring (bicyclic) bond motifs is 1. The second-order valence-corrected chi connectivity index (χ2v) is 4.35. The number of ether oxygens (including phenoxy) is 3. The second-order valence-electron chi connectivity index (χ2n) is 4.35. The van der Waals surface area contributed by atoms with Crippen molar-refractivity contribution >= 4 is 5.91 Å². The van der Waals surface area contributed by atoms with Crippen LogP contribution in [-0.2, 0) is 16.0 Å². The molecular formula is C14H19NO4. The van der Waals surface area contributed by atoms with E-state index < -0.39 is 0 Å². The molecular weight excluding hydrogens is 246 g/mol. The SMILES string of the molecule is COCCNC(=O)Cc1ccc2c(c1)OCCCO2. The molecule has 5 heteroatoms. The lowest BCUT2D eigenvalue weighted by Crippen LogP contribution is -2.28. The van der Waals surface area contributed by atoms with Crippen LogP contribution in [0.15, 0.2) is 18.2 Å². The van der Waals surface area contributed by atoms with E-state index in [0.29, 0.717) is 32.8 Å². The molecule has 1 aliphatic heterocycles. The van der Waals surface area contributed by atoms with Gasteiger partial charge in [-0.1, -0.05) is 6.07 Å². The Morgan fingerprint density at radius 2 is 2.11 bits per heavy atom. The maximum atomic E-state index is 11.7. The number of amides is 1. The number of carbonyl (C=O) groups is 1. The molecule has 1 amide bonds. The fourth-order valence-electron chi connectivity index (χ4n) is 1.86. The Labute approximate surface area is 112 Å². The summed E-state index contributed by atoms with van der Waals surface area (Å²) in [5.74, 6) is 1.45. The summed E-state index contributed by atoms with van der Waals surface area (Å²) in [5, 5.41) is 2.79. The topological polar surface area (TPSA) is 56.8 Å². The first kappa shape index (κ1) is 13.7. The third kappa shape index (κ3) is 4.13. The lowest BCUT2D eigenvalue weighted by atomic mass is 10.1. The Bertz CT molecular complexity index is 433. The lowest BCUT2D eigenvalue weighted by molar-refractivity contribution is -0.120. The first-order valence-electron chi connectivity index (χ1n) is 6.44. The Morgan fingerprint density at radius 1 is 1.32 bits per heavy atom. The molecule has 0 bridgehead atoms. The number of nitrogens with one attached hydrogen (secondary N) is 1. The van der Waals surface area contributed by atoms with E-state index in [9.17, 15) is 4.79 Å². The van der Waals surface area contributed by atoms with E-state index in [4.69, 9.17) is 14.2 Å². The van der Waals surface area contributed by atoms with E-state index in [1.807, 2.05) is 18.2 Å². The fourth-order valence-corrected chi connectivity index (χ4v) is 1.86. The molecule has 0 spiro atoms. The Balaban J connectivity index is 1.94. The van der Waals surface area contributed by atoms with Gasteiger partial charge in [-0.2, -0.15) is 0 Å². The van der Waals surface area contributed by atoms with Crippen molar-refractivity contribution in [3.05, 3.63) is 23.8 Å². The van der Waals surface area contributed by atoms with Gasteiger partial charge < -0.3 is 19.5 Å². The van der Waals surface area contributed by atoms with Gasteiger partial charge in [-0.05, 0) is 17.7 Å². The van der Waals surface area contributed by atoms with Crippen molar-refractivity contribution in [2.45, 2.75) is 12.8 Å². The van der Waals surface area contributed by atoms with Crippen LogP contribution >= 0.6 is 0 Å². The zero-order valence-electron chi connectivity index (χ0n) is 11.1. The van der Waals surface area contributed by atoms with Crippen LogP contribution < -0.4 is 14.8 Å². The molecule has 0 saturated heterocycles. The normalized spacial score (nSPS) is 13.7. The van der Waals surface area contributed by atoms with Crippen molar-refractivity contribution in [1.82, 2.24) is 5.32 Å². The van der Waals surface area contributed by atoms with E-state index in [1.165, 1.54) is 0 Å². The maximum absolute atomic E-state index is 11.7. The van der Waals surface area contributed by atoms with Crippen LogP contribution in [-0.4, -0.2) is 39.4 Å². The van der Waals surface area contributed by atoms with Gasteiger partial charge in [0.15, 0.2) is 11.5 Å². The zero-order chi connectivity index (χ0) is 13.5. The summed E-state index contributed by atoms with van der Waals surface area (Å²) in [4.78, 5) is 11.7. The van der Waals surface area contributed by atoms with Crippen LogP contribution in [0.3, 0.4) is 0 Å². The number of rotatable bonds is 5. The zero-order valence-corrected chi connectivity index (χ0v) is 11.1. The van der Waals surface area contributed by atoms with Gasteiger partial charge in [0.25, 0.3) is 0 Å². The average molecular weight is 265 g/mol. The molecule has 0 fully saturated rings. The Kier molecular flexibility index (Phi) is 5.03. The number of methoxy groups -OCH3 is 1. The fraction of sp³-hybridized carbons (Fsp3) is 0.500. The molecule has 0 radical (unpaired) electrons. The van der Waals surface area contributed by atoms with E-state index in [0.717, 1.165) is 23.5 Å². The summed E-state index contributed by atoms with van der Waals surface area (Å²) in [5.41, 5.74) is 0.916. The second kappa shape index (κ2) is 6.99. The van der Waals surface area contributed by atoms with Gasteiger partial charge >= 0.3 is 0 Å². The number of carbonyl (C=O) groups excluding carboxylic acids is 1. The van der Waals surface area contributed by atoms with Gasteiger partial charge in [-0.3, -0.25) is 4.79 Å². The summed E-state index contributed by atoms with van der Waals surface area (Å²) in [7, 11) is 1.61. The minimum Gasteiger partial charge on any atom is -0.490 e. The van der Waals surface area contributed by atoms with Crippen LogP contribution in [0.1, 0.15) is 12.0 Å². The van der Waals surface area contributed by atoms with Crippen LogP contribution in [0.25, 0.3) is 0 Å². The maximum Gasteiger partial charge on any atom is 0.224 e. The summed E-state index contributed by atoms with van der Waals surface area (Å²) in [6.07, 6.45) is 1.21. The number of hydrogen-bond acceptors (Lipinski definition) is 4. The van der Waals surface area contributed by atoms with Crippen LogP contribution in [0.2, 0.25) is 0 Å². The largest absolute Gasteiger partial charge is 0.490 e. The van der Waals surface area contributed by atoms with Gasteiger partial charge in [0.1, 0.15) is 0 Å². The van der Waals surface area contributed by atoms with Crippen molar-refractivity contribution in [3.8, 4) is 11.5 Å². The highest BCUT2D eigenvalue weighted by Crippen LogP contribution is 2.30. The van der Waals surface area contributed by atoms with Crippen LogP contribution in [0, 0.1) is 0 Å². The molecule has 0 aromatic heterocycles. The molecule has 1 heterocycles. The third-order valence-electron chi connectivity index (χ3n) is 2.80. The van der Waals surface area contributed by atoms with E-state index >= 15 is 0 Å². The van der Waals surface area contributed by atoms with Crippen LogP contribution in [0.4, 0.5) is 0 Å². The minimum atomic E-state index is -0.0217. The first-order valence-corrected chi connectivity index (χ1v) is 6.44. The average Bonchev–Trinajstić information content (AvgIpc) is 2.63. The molecule has 1 N–H and O–H groups in total. The Hall–Kier alpha value is -1.75. The highest BCUT2D eigenvalue weighted by atomic mass is 16.5. The molecule has 0 saturated carbocycles. The molecule has 1 aliphatic rings. The minimum absolute atomic E-state index is 0.0217. The van der Waals surface area contributed by atoms with Crippen molar-refractivity contribution in [2.75, 3.05) is 33.5 Å². The molecule has 19 heavy (non-hydrogen) atoms. The van der Waals surface area contributed by atoms with Gasteiger partial charge in [-0.15, -0.1) is 0 Å². The van der Waals surface area contributed by atoms with Gasteiger partial charge in [0, 0.05) is 20.1 Å². The monoisotopic (exact) mass is 265 g/mol. The third-order valence-corrected chi connectivity index (χ3v) is 2.80. The molecule has 2 rings (SSSR count). The van der Waals surface area contributed by atoms with Crippen LogP contribution in [0.5, 0.6) is 11.5 Å². The highest BCUT2D eigenvalue weighted by molar-refractivity contribution is 5.78. The van der Waals surface area contributed by atoms with E-state index in [2.05, 4.69) is 5.32 Å². The van der Waals surface area contributed by atoms with Crippen molar-refractivity contribution in [3.63, 3.8) is 0 Å². The van der Waals surface area contributed by atoms with Crippen molar-refractivity contribution in [1.29, 1.82) is 0 Å². The predicted octanol–water partition coefficient (Wildman–Crippen LogP) is 1.15. The van der Waals surface area contributed by atoms with E-state index in [1.54, 1.807) is 7.11 Å². The van der Waals surface area contributed by atoms with Crippen molar-refractivity contribution < 1.29 is 19.0 Å². The van der Waals surface area contributed by atoms with Gasteiger partial charge in [-0.25, -0.2) is 0 Å². The summed E-state index contributed by atoms with van der Waals surface area (Å²) in [6, 6.07) is 5.62. The standard InChI is InChI=1S/C14H19NO4/c1-17-8-5-15-14(16)10-11-3-4-12-13(9-11)19-7-2-6-18-12/h3-4,9H,2,5-8,10H2,1H3,(H,15,16). The lowest BCUT2D eigenvalue weighted by Gasteiger charge is -2.09. The quantitative estimate of drug-likeness (QED) is 0.812. The molecule has 0 unspecified atom stereocenters. The molecule has 5 nitrogen and oxygen atoms in total. The van der Waals surface area contributed by atoms with Gasteiger partial charge in [0.05, 0.1) is 26.2 Å². The smallest absolute Gasteiger partial charge is 0.224 e. The van der Waals surface area contributed by atoms with Gasteiger partial charge in [0.2, 0.25) is 5.91 Å².